The van der Waals surface area contributed by atoms with Crippen LogP contribution in [0.15, 0.2) is 40.5 Å². The Morgan fingerprint density at radius 2 is 1.94 bits per heavy atom. The number of aliphatic hydroxyl groups excluding tert-OH is 1. The second kappa shape index (κ2) is 7.87. The minimum absolute atomic E-state index is 0.0266. The van der Waals surface area contributed by atoms with Gasteiger partial charge >= 0.3 is 5.97 Å². The topological polar surface area (TPSA) is 93.8 Å². The lowest BCUT2D eigenvalue weighted by atomic mass is 9.44. The molecule has 0 unspecified atom stereocenters. The molecule has 4 aliphatic rings. The molecule has 1 heterocycles. The molecule has 9 atom stereocenters. The number of esters is 1. The molecule has 0 saturated heterocycles. The monoisotopic (exact) mass is 520 g/mol. The van der Waals surface area contributed by atoms with E-state index in [2.05, 4.69) is 12.6 Å². The molecule has 4 aliphatic carbocycles. The van der Waals surface area contributed by atoms with Crippen molar-refractivity contribution in [2.24, 2.45) is 28.6 Å². The van der Waals surface area contributed by atoms with E-state index in [0.29, 0.717) is 5.56 Å². The number of alkyl halides is 2. The van der Waals surface area contributed by atoms with Crippen LogP contribution in [0.1, 0.15) is 56.2 Å². The Morgan fingerprint density at radius 3 is 2.56 bits per heavy atom. The Labute approximate surface area is 213 Å². The fourth-order valence-electron chi connectivity index (χ4n) is 8.01. The minimum atomic E-state index is -2.29. The van der Waals surface area contributed by atoms with Crippen LogP contribution in [0.4, 0.5) is 8.78 Å². The molecule has 5 rings (SSSR count). The predicted molar refractivity (Wildman–Crippen MR) is 129 cm³/mol. The average Bonchev–Trinajstić information content (AvgIpc) is 3.32. The Hall–Kier alpha value is -2.26. The molecule has 9 heteroatoms. The molecule has 0 aliphatic heterocycles. The van der Waals surface area contributed by atoms with Gasteiger partial charge in [-0.1, -0.05) is 19.9 Å². The van der Waals surface area contributed by atoms with Crippen LogP contribution in [0, 0.1) is 35.5 Å². The molecule has 36 heavy (non-hydrogen) atoms. The van der Waals surface area contributed by atoms with Gasteiger partial charge in [-0.25, -0.2) is 13.6 Å². The SMILES string of the molecule is Cc1ccoc1C(=O)O[C@]1(C(=O)S)[C@H](C)C[C@H]2[C@@H]3C[C@H](F)C4=CC(=O)C=C[C@]4(C)[C@@]3(F)[C@@H](O)C[C@@]21C. The van der Waals surface area contributed by atoms with Crippen molar-refractivity contribution < 1.29 is 37.4 Å². The summed E-state index contributed by atoms with van der Waals surface area (Å²) in [6.07, 6.45) is 1.62. The van der Waals surface area contributed by atoms with Gasteiger partial charge in [0.05, 0.1) is 12.4 Å². The molecule has 1 aromatic heterocycles. The Balaban J connectivity index is 1.62. The molecule has 0 radical (unpaired) electrons. The highest BCUT2D eigenvalue weighted by atomic mass is 32.1. The van der Waals surface area contributed by atoms with E-state index in [4.69, 9.17) is 9.15 Å². The summed E-state index contributed by atoms with van der Waals surface area (Å²) in [5, 5.41) is 10.7. The van der Waals surface area contributed by atoms with Crippen LogP contribution < -0.4 is 0 Å². The van der Waals surface area contributed by atoms with Crippen LogP contribution in [0.25, 0.3) is 0 Å². The Kier molecular flexibility index (Phi) is 5.55. The van der Waals surface area contributed by atoms with Gasteiger partial charge in [-0.3, -0.25) is 9.59 Å². The zero-order valence-corrected chi connectivity index (χ0v) is 21.5. The summed E-state index contributed by atoms with van der Waals surface area (Å²) in [4.78, 5) is 38.4. The van der Waals surface area contributed by atoms with Crippen molar-refractivity contribution in [1.82, 2.24) is 0 Å². The third-order valence-electron chi connectivity index (χ3n) is 9.79. The van der Waals surface area contributed by atoms with Crippen molar-refractivity contribution in [2.75, 3.05) is 0 Å². The van der Waals surface area contributed by atoms with Gasteiger partial charge in [0, 0.05) is 28.2 Å². The van der Waals surface area contributed by atoms with Gasteiger partial charge in [-0.05, 0) is 62.8 Å². The number of ketones is 1. The first-order chi connectivity index (χ1) is 16.7. The average molecular weight is 521 g/mol. The molecule has 0 amide bonds. The molecule has 0 bridgehead atoms. The van der Waals surface area contributed by atoms with E-state index in [0.717, 1.165) is 6.08 Å². The summed E-state index contributed by atoms with van der Waals surface area (Å²) in [6, 6.07) is 1.59. The van der Waals surface area contributed by atoms with Crippen LogP contribution in [0.3, 0.4) is 0 Å². The zero-order chi connectivity index (χ0) is 26.4. The first-order valence-electron chi connectivity index (χ1n) is 12.2. The minimum Gasteiger partial charge on any atom is -0.457 e. The second-order valence-electron chi connectivity index (χ2n) is 11.4. The highest BCUT2D eigenvalue weighted by Crippen LogP contribution is 2.71. The number of aryl methyl sites for hydroxylation is 1. The first kappa shape index (κ1) is 25.4. The predicted octanol–water partition coefficient (Wildman–Crippen LogP) is 4.50. The van der Waals surface area contributed by atoms with Crippen LogP contribution in [-0.4, -0.2) is 45.5 Å². The van der Waals surface area contributed by atoms with Crippen LogP contribution in [0.5, 0.6) is 0 Å². The van der Waals surface area contributed by atoms with Gasteiger partial charge in [0.1, 0.15) is 6.17 Å². The summed E-state index contributed by atoms with van der Waals surface area (Å²) in [6.45, 7) is 6.61. The van der Waals surface area contributed by atoms with Crippen molar-refractivity contribution in [1.29, 1.82) is 0 Å². The lowest BCUT2D eigenvalue weighted by Crippen LogP contribution is -2.70. The molecule has 6 nitrogen and oxygen atoms in total. The quantitative estimate of drug-likeness (QED) is 0.450. The van der Waals surface area contributed by atoms with Crippen molar-refractivity contribution in [2.45, 2.75) is 70.5 Å². The highest BCUT2D eigenvalue weighted by molar-refractivity contribution is 7.96. The van der Waals surface area contributed by atoms with Crippen molar-refractivity contribution >= 4 is 29.5 Å². The van der Waals surface area contributed by atoms with Gasteiger partial charge in [0.2, 0.25) is 10.9 Å². The number of thiol groups is 1. The molecular weight excluding hydrogens is 490 g/mol. The standard InChI is InChI=1S/C27H30F2O6S/c1-13-6-8-34-21(13)22(32)35-27(23(33)36)14(2)9-16-17-11-19(28)18-10-15(30)5-7-24(18,3)26(17,29)20(31)12-25(16,27)4/h5-8,10,14,16-17,19-20,31H,9,11-12H2,1-4H3,(H,33,36)/t14-,16+,17+,19+,20+,24+,25+,26+,27+/m1/s1. The Bertz CT molecular complexity index is 1220. The van der Waals surface area contributed by atoms with E-state index in [9.17, 15) is 19.5 Å². The lowest BCUT2D eigenvalue weighted by Gasteiger charge is -2.63. The number of carbonyl (C=O) groups is 3. The van der Waals surface area contributed by atoms with E-state index in [1.165, 1.54) is 25.3 Å². The maximum atomic E-state index is 17.3. The van der Waals surface area contributed by atoms with E-state index in [-0.39, 0.29) is 30.6 Å². The molecule has 3 fully saturated rings. The molecule has 3 saturated carbocycles. The smallest absolute Gasteiger partial charge is 0.375 e. The van der Waals surface area contributed by atoms with Crippen LogP contribution in [0.2, 0.25) is 0 Å². The maximum absolute atomic E-state index is 17.3. The number of hydrogen-bond acceptors (Lipinski definition) is 6. The molecule has 1 N–H and O–H groups in total. The number of halogens is 2. The van der Waals surface area contributed by atoms with Crippen LogP contribution >= 0.6 is 12.6 Å². The summed E-state index contributed by atoms with van der Waals surface area (Å²) in [5.74, 6) is -3.51. The zero-order valence-electron chi connectivity index (χ0n) is 20.6. The number of hydrogen-bond donors (Lipinski definition) is 2. The van der Waals surface area contributed by atoms with Crippen molar-refractivity contribution in [3.05, 3.63) is 47.5 Å². The summed E-state index contributed by atoms with van der Waals surface area (Å²) < 4.78 is 44.1. The summed E-state index contributed by atoms with van der Waals surface area (Å²) in [5.41, 5.74) is -6.30. The van der Waals surface area contributed by atoms with E-state index in [1.54, 1.807) is 26.8 Å². The summed E-state index contributed by atoms with van der Waals surface area (Å²) >= 11 is 4.14. The second-order valence-corrected chi connectivity index (χ2v) is 11.8. The maximum Gasteiger partial charge on any atom is 0.375 e. The number of allylic oxidation sites excluding steroid dienone is 4. The van der Waals surface area contributed by atoms with Gasteiger partial charge in [0.25, 0.3) is 0 Å². The molecule has 0 spiro atoms. The number of carbonyl (C=O) groups excluding carboxylic acids is 3. The molecule has 1 aromatic rings. The fraction of sp³-hybridized carbons (Fsp3) is 0.593. The van der Waals surface area contributed by atoms with Crippen molar-refractivity contribution in [3.63, 3.8) is 0 Å². The number of fused-ring (bicyclic) bond motifs is 5. The third kappa shape index (κ3) is 2.90. The third-order valence-corrected chi connectivity index (χ3v) is 10.1. The highest BCUT2D eigenvalue weighted by Gasteiger charge is 2.78. The molecule has 0 aromatic carbocycles. The van der Waals surface area contributed by atoms with Crippen molar-refractivity contribution in [3.8, 4) is 0 Å². The summed E-state index contributed by atoms with van der Waals surface area (Å²) in [7, 11) is 0. The fourth-order valence-corrected chi connectivity index (χ4v) is 8.54. The number of furan rings is 1. The lowest BCUT2D eigenvalue weighted by molar-refractivity contribution is -0.221. The van der Waals surface area contributed by atoms with Gasteiger partial charge < -0.3 is 14.3 Å². The van der Waals surface area contributed by atoms with E-state index < -0.39 is 69.0 Å². The van der Waals surface area contributed by atoms with Gasteiger partial charge in [0.15, 0.2) is 17.1 Å². The Morgan fingerprint density at radius 1 is 1.25 bits per heavy atom. The number of ether oxygens (including phenoxy) is 1. The number of rotatable bonds is 3. The van der Waals surface area contributed by atoms with Gasteiger partial charge in [-0.2, -0.15) is 0 Å². The van der Waals surface area contributed by atoms with E-state index in [1.807, 2.05) is 0 Å². The molecular formula is C27H30F2O6S. The first-order valence-corrected chi connectivity index (χ1v) is 12.7. The van der Waals surface area contributed by atoms with E-state index >= 15 is 8.78 Å². The molecule has 194 valence electrons. The van der Waals surface area contributed by atoms with Gasteiger partial charge in [-0.15, -0.1) is 12.6 Å². The number of aliphatic hydroxyl groups is 1. The largest absolute Gasteiger partial charge is 0.457 e. The van der Waals surface area contributed by atoms with Crippen LogP contribution in [-0.2, 0) is 14.3 Å². The normalized spacial score (nSPS) is 45.4.